The van der Waals surface area contributed by atoms with Crippen molar-refractivity contribution in [2.45, 2.75) is 45.1 Å². The highest BCUT2D eigenvalue weighted by atomic mass is 16.5. The summed E-state index contributed by atoms with van der Waals surface area (Å²) >= 11 is 0. The molecule has 1 atom stereocenters. The molecule has 1 fully saturated rings. The van der Waals surface area contributed by atoms with E-state index in [1.54, 1.807) is 14.0 Å². The van der Waals surface area contributed by atoms with Crippen LogP contribution in [-0.2, 0) is 14.3 Å². The molecule has 0 aromatic carbocycles. The van der Waals surface area contributed by atoms with Crippen LogP contribution in [0.25, 0.3) is 0 Å². The molecule has 0 aromatic rings. The van der Waals surface area contributed by atoms with Crippen molar-refractivity contribution >= 4 is 11.9 Å². The van der Waals surface area contributed by atoms with Gasteiger partial charge in [0.15, 0.2) is 0 Å². The Morgan fingerprint density at radius 1 is 1.33 bits per heavy atom. The van der Waals surface area contributed by atoms with Crippen molar-refractivity contribution in [1.29, 1.82) is 0 Å². The third kappa shape index (κ3) is 5.04. The van der Waals surface area contributed by atoms with Crippen LogP contribution in [0.4, 0.5) is 0 Å². The van der Waals surface area contributed by atoms with Crippen molar-refractivity contribution in [2.24, 2.45) is 11.8 Å². The van der Waals surface area contributed by atoms with Crippen LogP contribution in [-0.4, -0.2) is 36.7 Å². The van der Waals surface area contributed by atoms with E-state index in [0.717, 1.165) is 25.7 Å². The minimum atomic E-state index is -0.925. The third-order valence-corrected chi connectivity index (χ3v) is 3.63. The molecule has 0 aromatic heterocycles. The lowest BCUT2D eigenvalue weighted by molar-refractivity contribution is -0.143. The van der Waals surface area contributed by atoms with Crippen molar-refractivity contribution in [3.8, 4) is 0 Å². The number of hydrogen-bond donors (Lipinski definition) is 2. The van der Waals surface area contributed by atoms with Crippen LogP contribution >= 0.6 is 0 Å². The maximum atomic E-state index is 11.5. The number of amides is 1. The van der Waals surface area contributed by atoms with Gasteiger partial charge in [0.05, 0.1) is 12.0 Å². The highest BCUT2D eigenvalue weighted by molar-refractivity contribution is 5.81. The van der Waals surface area contributed by atoms with Crippen LogP contribution in [0.15, 0.2) is 0 Å². The summed E-state index contributed by atoms with van der Waals surface area (Å²) in [6.45, 7) is 2.20. The van der Waals surface area contributed by atoms with Gasteiger partial charge in [0.25, 0.3) is 0 Å². The number of ether oxygens (including phenoxy) is 1. The number of methoxy groups -OCH3 is 1. The van der Waals surface area contributed by atoms with E-state index in [-0.39, 0.29) is 12.3 Å². The van der Waals surface area contributed by atoms with Crippen molar-refractivity contribution in [3.63, 3.8) is 0 Å². The van der Waals surface area contributed by atoms with Crippen LogP contribution in [0, 0.1) is 11.8 Å². The highest BCUT2D eigenvalue weighted by Crippen LogP contribution is 2.25. The van der Waals surface area contributed by atoms with Gasteiger partial charge in [-0.3, -0.25) is 9.59 Å². The van der Waals surface area contributed by atoms with Gasteiger partial charge in [-0.25, -0.2) is 0 Å². The van der Waals surface area contributed by atoms with E-state index in [4.69, 9.17) is 9.84 Å². The summed E-state index contributed by atoms with van der Waals surface area (Å²) in [4.78, 5) is 22.1. The maximum absolute atomic E-state index is 11.5. The summed E-state index contributed by atoms with van der Waals surface area (Å²) < 4.78 is 5.29. The molecular formula is C13H23NO4. The first-order valence-corrected chi connectivity index (χ1v) is 6.55. The SMILES string of the molecule is COC1CCC(CNC(=O)CC(C)C(=O)O)CC1. The number of nitrogens with one attached hydrogen (secondary N) is 1. The fourth-order valence-corrected chi connectivity index (χ4v) is 2.27. The number of carbonyl (C=O) groups is 2. The lowest BCUT2D eigenvalue weighted by Crippen LogP contribution is -2.33. The molecule has 1 amide bonds. The predicted molar refractivity (Wildman–Crippen MR) is 67.2 cm³/mol. The molecule has 0 saturated heterocycles. The van der Waals surface area contributed by atoms with Crippen LogP contribution in [0.5, 0.6) is 0 Å². The smallest absolute Gasteiger partial charge is 0.306 e. The molecule has 0 bridgehead atoms. The van der Waals surface area contributed by atoms with Gasteiger partial charge in [0.2, 0.25) is 5.91 Å². The van der Waals surface area contributed by atoms with Crippen molar-refractivity contribution in [1.82, 2.24) is 5.32 Å². The summed E-state index contributed by atoms with van der Waals surface area (Å²) in [6, 6.07) is 0. The van der Waals surface area contributed by atoms with Crippen molar-refractivity contribution < 1.29 is 19.4 Å². The molecule has 0 spiro atoms. The number of carboxylic acids is 1. The zero-order valence-corrected chi connectivity index (χ0v) is 11.1. The van der Waals surface area contributed by atoms with Gasteiger partial charge in [-0.15, -0.1) is 0 Å². The van der Waals surface area contributed by atoms with Gasteiger partial charge in [-0.05, 0) is 31.6 Å². The summed E-state index contributed by atoms with van der Waals surface area (Å²) in [6.07, 6.45) is 4.64. The van der Waals surface area contributed by atoms with Crippen LogP contribution in [0.2, 0.25) is 0 Å². The second-order valence-electron chi connectivity index (χ2n) is 5.13. The normalized spacial score (nSPS) is 25.4. The Bertz CT molecular complexity index is 285. The maximum Gasteiger partial charge on any atom is 0.306 e. The third-order valence-electron chi connectivity index (χ3n) is 3.63. The number of hydrogen-bond acceptors (Lipinski definition) is 3. The second kappa shape index (κ2) is 7.36. The molecule has 1 saturated carbocycles. The van der Waals surface area contributed by atoms with Gasteiger partial charge < -0.3 is 15.2 Å². The van der Waals surface area contributed by atoms with Gasteiger partial charge in [0.1, 0.15) is 0 Å². The summed E-state index contributed by atoms with van der Waals surface area (Å²) in [7, 11) is 1.74. The van der Waals surface area contributed by atoms with Crippen LogP contribution < -0.4 is 5.32 Å². The molecule has 5 nitrogen and oxygen atoms in total. The second-order valence-corrected chi connectivity index (χ2v) is 5.13. The minimum Gasteiger partial charge on any atom is -0.481 e. The van der Waals surface area contributed by atoms with Crippen LogP contribution in [0.3, 0.4) is 0 Å². The molecule has 0 aliphatic heterocycles. The molecular weight excluding hydrogens is 234 g/mol. The average molecular weight is 257 g/mol. The molecule has 18 heavy (non-hydrogen) atoms. The quantitative estimate of drug-likeness (QED) is 0.754. The molecule has 1 unspecified atom stereocenters. The van der Waals surface area contributed by atoms with Gasteiger partial charge in [-0.2, -0.15) is 0 Å². The molecule has 0 radical (unpaired) electrons. The molecule has 104 valence electrons. The number of carboxylic acid groups (broad SMARTS) is 1. The van der Waals surface area contributed by atoms with E-state index < -0.39 is 11.9 Å². The summed E-state index contributed by atoms with van der Waals surface area (Å²) in [5, 5.41) is 11.5. The standard InChI is InChI=1S/C13H23NO4/c1-9(13(16)17)7-12(15)14-8-10-3-5-11(18-2)6-4-10/h9-11H,3-8H2,1-2H3,(H,14,15)(H,16,17). The highest BCUT2D eigenvalue weighted by Gasteiger charge is 2.22. The van der Waals surface area contributed by atoms with E-state index in [1.807, 2.05) is 0 Å². The monoisotopic (exact) mass is 257 g/mol. The number of rotatable bonds is 6. The summed E-state index contributed by atoms with van der Waals surface area (Å²) in [5.41, 5.74) is 0. The first-order chi connectivity index (χ1) is 8.52. The first kappa shape index (κ1) is 15.0. The zero-order chi connectivity index (χ0) is 13.5. The van der Waals surface area contributed by atoms with Crippen molar-refractivity contribution in [3.05, 3.63) is 0 Å². The Morgan fingerprint density at radius 3 is 2.44 bits per heavy atom. The van der Waals surface area contributed by atoms with E-state index in [9.17, 15) is 9.59 Å². The molecule has 1 aliphatic rings. The fraction of sp³-hybridized carbons (Fsp3) is 0.846. The van der Waals surface area contributed by atoms with Gasteiger partial charge in [0, 0.05) is 20.1 Å². The van der Waals surface area contributed by atoms with E-state index in [2.05, 4.69) is 5.32 Å². The van der Waals surface area contributed by atoms with E-state index >= 15 is 0 Å². The molecule has 0 heterocycles. The van der Waals surface area contributed by atoms with Crippen LogP contribution in [0.1, 0.15) is 39.0 Å². The molecule has 1 rings (SSSR count). The largest absolute Gasteiger partial charge is 0.481 e. The first-order valence-electron chi connectivity index (χ1n) is 6.55. The van der Waals surface area contributed by atoms with Gasteiger partial charge >= 0.3 is 5.97 Å². The Morgan fingerprint density at radius 2 is 1.94 bits per heavy atom. The Labute approximate surface area is 108 Å². The lowest BCUT2D eigenvalue weighted by atomic mass is 9.87. The predicted octanol–water partition coefficient (Wildman–Crippen LogP) is 1.42. The molecule has 5 heteroatoms. The number of carbonyl (C=O) groups excluding carboxylic acids is 1. The zero-order valence-electron chi connectivity index (χ0n) is 11.1. The summed E-state index contributed by atoms with van der Waals surface area (Å²) in [5.74, 6) is -1.21. The molecule has 1 aliphatic carbocycles. The minimum absolute atomic E-state index is 0.0583. The Hall–Kier alpha value is -1.10. The Balaban J connectivity index is 2.17. The van der Waals surface area contributed by atoms with E-state index in [0.29, 0.717) is 18.6 Å². The number of aliphatic carboxylic acids is 1. The topological polar surface area (TPSA) is 75.6 Å². The molecule has 2 N–H and O–H groups in total. The van der Waals surface area contributed by atoms with Gasteiger partial charge in [-0.1, -0.05) is 6.92 Å². The fourth-order valence-electron chi connectivity index (χ4n) is 2.27. The average Bonchev–Trinajstić information content (AvgIpc) is 2.36. The Kier molecular flexibility index (Phi) is 6.12. The van der Waals surface area contributed by atoms with E-state index in [1.165, 1.54) is 0 Å². The van der Waals surface area contributed by atoms with Crippen molar-refractivity contribution in [2.75, 3.05) is 13.7 Å². The lowest BCUT2D eigenvalue weighted by Gasteiger charge is -2.27.